The molecule has 0 radical (unpaired) electrons. The van der Waals surface area contributed by atoms with Gasteiger partial charge in [-0.25, -0.2) is 0 Å². The maximum atomic E-state index is 4.60. The van der Waals surface area contributed by atoms with Crippen molar-refractivity contribution in [2.24, 2.45) is 4.99 Å². The van der Waals surface area contributed by atoms with E-state index in [4.69, 9.17) is 0 Å². The SMILES string of the molecule is CCNC(=NCCCn1cc(C)cn1)NCCCCSC. The first kappa shape index (κ1) is 17.9. The lowest BCUT2D eigenvalue weighted by atomic mass is 10.3. The van der Waals surface area contributed by atoms with Crippen molar-refractivity contribution in [3.8, 4) is 0 Å². The van der Waals surface area contributed by atoms with Gasteiger partial charge in [-0.15, -0.1) is 0 Å². The van der Waals surface area contributed by atoms with Crippen molar-refractivity contribution in [3.63, 3.8) is 0 Å². The van der Waals surface area contributed by atoms with Gasteiger partial charge >= 0.3 is 0 Å². The summed E-state index contributed by atoms with van der Waals surface area (Å²) in [4.78, 5) is 4.60. The summed E-state index contributed by atoms with van der Waals surface area (Å²) in [7, 11) is 0. The number of rotatable bonds is 10. The molecule has 5 nitrogen and oxygen atoms in total. The van der Waals surface area contributed by atoms with Crippen molar-refractivity contribution in [2.45, 2.75) is 39.7 Å². The summed E-state index contributed by atoms with van der Waals surface area (Å²) in [5, 5.41) is 11.0. The lowest BCUT2D eigenvalue weighted by molar-refractivity contribution is 0.583. The molecule has 0 aliphatic carbocycles. The topological polar surface area (TPSA) is 54.2 Å². The summed E-state index contributed by atoms with van der Waals surface area (Å²) in [5.74, 6) is 2.16. The van der Waals surface area contributed by atoms with E-state index >= 15 is 0 Å². The molecule has 0 unspecified atom stereocenters. The maximum Gasteiger partial charge on any atom is 0.191 e. The molecule has 0 amide bonds. The van der Waals surface area contributed by atoms with E-state index in [0.29, 0.717) is 0 Å². The number of aryl methyl sites for hydroxylation is 2. The molecular formula is C15H29N5S. The molecule has 0 bridgehead atoms. The standard InChI is InChI=1S/C15H29N5S/c1-4-16-15(17-8-5-6-11-21-3)18-9-7-10-20-13-14(2)12-19-20/h12-13H,4-11H2,1-3H3,(H2,16,17,18). The van der Waals surface area contributed by atoms with Crippen LogP contribution in [0.25, 0.3) is 0 Å². The van der Waals surface area contributed by atoms with Gasteiger partial charge in [0.25, 0.3) is 0 Å². The molecule has 0 spiro atoms. The molecule has 6 heteroatoms. The number of nitrogens with one attached hydrogen (secondary N) is 2. The van der Waals surface area contributed by atoms with Crippen molar-refractivity contribution >= 4 is 17.7 Å². The smallest absolute Gasteiger partial charge is 0.191 e. The molecule has 0 aliphatic rings. The number of thioether (sulfide) groups is 1. The third kappa shape index (κ3) is 8.65. The van der Waals surface area contributed by atoms with E-state index in [2.05, 4.69) is 47.0 Å². The molecule has 0 aromatic carbocycles. The molecule has 120 valence electrons. The minimum atomic E-state index is 0.819. The fourth-order valence-corrected chi connectivity index (χ4v) is 2.43. The average molecular weight is 311 g/mol. The average Bonchev–Trinajstić information content (AvgIpc) is 2.88. The largest absolute Gasteiger partial charge is 0.357 e. The molecule has 21 heavy (non-hydrogen) atoms. The molecule has 0 aliphatic heterocycles. The number of aliphatic imine (C=N–C) groups is 1. The Kier molecular flexibility index (Phi) is 9.78. The van der Waals surface area contributed by atoms with Crippen LogP contribution >= 0.6 is 11.8 Å². The van der Waals surface area contributed by atoms with Gasteiger partial charge in [0.15, 0.2) is 5.96 Å². The zero-order valence-electron chi connectivity index (χ0n) is 13.6. The van der Waals surface area contributed by atoms with Crippen molar-refractivity contribution in [1.29, 1.82) is 0 Å². The number of unbranched alkanes of at least 4 members (excludes halogenated alkanes) is 1. The van der Waals surface area contributed by atoms with Crippen molar-refractivity contribution < 1.29 is 0 Å². The molecule has 0 saturated heterocycles. The van der Waals surface area contributed by atoms with Crippen LogP contribution in [0, 0.1) is 6.92 Å². The summed E-state index contributed by atoms with van der Waals surface area (Å²) in [6.07, 6.45) is 9.57. The van der Waals surface area contributed by atoms with Gasteiger partial charge in [0, 0.05) is 32.4 Å². The minimum Gasteiger partial charge on any atom is -0.357 e. The molecule has 0 saturated carbocycles. The monoisotopic (exact) mass is 311 g/mol. The highest BCUT2D eigenvalue weighted by atomic mass is 32.2. The van der Waals surface area contributed by atoms with E-state index in [1.807, 2.05) is 22.6 Å². The predicted octanol–water partition coefficient (Wildman–Crippen LogP) is 2.28. The number of hydrogen-bond donors (Lipinski definition) is 2. The highest BCUT2D eigenvalue weighted by molar-refractivity contribution is 7.98. The lowest BCUT2D eigenvalue weighted by Crippen LogP contribution is -2.37. The zero-order chi connectivity index (χ0) is 15.3. The number of aromatic nitrogens is 2. The number of hydrogen-bond acceptors (Lipinski definition) is 3. The van der Waals surface area contributed by atoms with Gasteiger partial charge in [0.2, 0.25) is 0 Å². The van der Waals surface area contributed by atoms with E-state index < -0.39 is 0 Å². The minimum absolute atomic E-state index is 0.819. The Bertz CT molecular complexity index is 403. The second-order valence-corrected chi connectivity index (χ2v) is 6.01. The van der Waals surface area contributed by atoms with E-state index in [-0.39, 0.29) is 0 Å². The van der Waals surface area contributed by atoms with E-state index in [0.717, 1.165) is 38.6 Å². The van der Waals surface area contributed by atoms with E-state index in [1.165, 1.54) is 24.2 Å². The van der Waals surface area contributed by atoms with Crippen LogP contribution in [0.3, 0.4) is 0 Å². The number of guanidine groups is 1. The van der Waals surface area contributed by atoms with Crippen LogP contribution in [0.2, 0.25) is 0 Å². The summed E-state index contributed by atoms with van der Waals surface area (Å²) in [5.41, 5.74) is 1.21. The van der Waals surface area contributed by atoms with Gasteiger partial charge in [0.1, 0.15) is 0 Å². The van der Waals surface area contributed by atoms with E-state index in [1.54, 1.807) is 0 Å². The Balaban J connectivity index is 2.20. The van der Waals surface area contributed by atoms with Gasteiger partial charge in [0.05, 0.1) is 6.20 Å². The first-order valence-corrected chi connectivity index (χ1v) is 9.15. The summed E-state index contributed by atoms with van der Waals surface area (Å²) in [6.45, 7) is 7.78. The summed E-state index contributed by atoms with van der Waals surface area (Å²) in [6, 6.07) is 0. The summed E-state index contributed by atoms with van der Waals surface area (Å²) >= 11 is 1.91. The quantitative estimate of drug-likeness (QED) is 0.395. The van der Waals surface area contributed by atoms with Crippen LogP contribution in [0.5, 0.6) is 0 Å². The highest BCUT2D eigenvalue weighted by Crippen LogP contribution is 1.98. The molecular weight excluding hydrogens is 282 g/mol. The molecule has 1 aromatic heterocycles. The third-order valence-corrected chi connectivity index (χ3v) is 3.69. The molecule has 1 rings (SSSR count). The second-order valence-electron chi connectivity index (χ2n) is 5.02. The Morgan fingerprint density at radius 1 is 1.33 bits per heavy atom. The highest BCUT2D eigenvalue weighted by Gasteiger charge is 1.97. The zero-order valence-corrected chi connectivity index (χ0v) is 14.4. The van der Waals surface area contributed by atoms with Crippen LogP contribution in [0.4, 0.5) is 0 Å². The molecule has 2 N–H and O–H groups in total. The molecule has 1 aromatic rings. The van der Waals surface area contributed by atoms with Crippen molar-refractivity contribution in [3.05, 3.63) is 18.0 Å². The summed E-state index contributed by atoms with van der Waals surface area (Å²) < 4.78 is 1.98. The normalized spacial score (nSPS) is 11.7. The van der Waals surface area contributed by atoms with Crippen LogP contribution < -0.4 is 10.6 Å². The van der Waals surface area contributed by atoms with Gasteiger partial charge in [-0.3, -0.25) is 9.67 Å². The molecule has 0 atom stereocenters. The first-order chi connectivity index (χ1) is 10.3. The van der Waals surface area contributed by atoms with Gasteiger partial charge in [-0.05, 0) is 50.7 Å². The van der Waals surface area contributed by atoms with Crippen LogP contribution in [-0.2, 0) is 6.54 Å². The predicted molar refractivity (Wildman–Crippen MR) is 93.2 cm³/mol. The van der Waals surface area contributed by atoms with Crippen molar-refractivity contribution in [2.75, 3.05) is 31.6 Å². The van der Waals surface area contributed by atoms with Gasteiger partial charge < -0.3 is 10.6 Å². The van der Waals surface area contributed by atoms with Crippen LogP contribution in [-0.4, -0.2) is 47.4 Å². The molecule has 1 heterocycles. The number of nitrogens with zero attached hydrogens (tertiary/aromatic N) is 3. The Hall–Kier alpha value is -1.17. The Labute approximate surface area is 133 Å². The second kappa shape index (κ2) is 11.5. The van der Waals surface area contributed by atoms with Crippen molar-refractivity contribution in [1.82, 2.24) is 20.4 Å². The van der Waals surface area contributed by atoms with Gasteiger partial charge in [-0.1, -0.05) is 0 Å². The van der Waals surface area contributed by atoms with Crippen LogP contribution in [0.15, 0.2) is 17.4 Å². The fraction of sp³-hybridized carbons (Fsp3) is 0.733. The lowest BCUT2D eigenvalue weighted by Gasteiger charge is -2.11. The first-order valence-electron chi connectivity index (χ1n) is 7.76. The Morgan fingerprint density at radius 2 is 2.19 bits per heavy atom. The molecule has 0 fully saturated rings. The third-order valence-electron chi connectivity index (χ3n) is 2.99. The fourth-order valence-electron chi connectivity index (χ4n) is 1.93. The van der Waals surface area contributed by atoms with E-state index in [9.17, 15) is 0 Å². The maximum absolute atomic E-state index is 4.60. The van der Waals surface area contributed by atoms with Crippen LogP contribution in [0.1, 0.15) is 31.7 Å². The Morgan fingerprint density at radius 3 is 2.86 bits per heavy atom. The van der Waals surface area contributed by atoms with Gasteiger partial charge in [-0.2, -0.15) is 16.9 Å².